The summed E-state index contributed by atoms with van der Waals surface area (Å²) < 4.78 is 0. The van der Waals surface area contributed by atoms with Crippen molar-refractivity contribution in [2.45, 2.75) is 6.92 Å². The summed E-state index contributed by atoms with van der Waals surface area (Å²) in [5.74, 6) is -0.279. The van der Waals surface area contributed by atoms with Crippen molar-refractivity contribution in [2.24, 2.45) is 0 Å². The van der Waals surface area contributed by atoms with Crippen LogP contribution in [0.2, 0.25) is 0 Å². The van der Waals surface area contributed by atoms with E-state index in [-0.39, 0.29) is 11.9 Å². The number of aromatic nitrogens is 2. The maximum absolute atomic E-state index is 12.2. The molecule has 2 aromatic carbocycles. The fraction of sp³-hybridized carbons (Fsp3) is 0.167. The lowest BCUT2D eigenvalue weighted by Crippen LogP contribution is -2.36. The monoisotopic (exact) mass is 337 g/mol. The fourth-order valence-electron chi connectivity index (χ4n) is 2.38. The Balaban J connectivity index is 1.44. The summed E-state index contributed by atoms with van der Waals surface area (Å²) in [5, 5.41) is 15.8. The number of fused-ring (bicyclic) bond motifs is 1. The highest BCUT2D eigenvalue weighted by Crippen LogP contribution is 2.14. The average molecular weight is 337 g/mol. The van der Waals surface area contributed by atoms with E-state index in [1.165, 1.54) is 0 Å². The summed E-state index contributed by atoms with van der Waals surface area (Å²) in [5.41, 5.74) is 3.00. The molecule has 1 heterocycles. The third-order valence-corrected chi connectivity index (χ3v) is 3.69. The van der Waals surface area contributed by atoms with Gasteiger partial charge in [-0.2, -0.15) is 5.10 Å². The van der Waals surface area contributed by atoms with Crippen LogP contribution in [0.4, 0.5) is 10.5 Å². The highest BCUT2D eigenvalue weighted by Gasteiger charge is 2.13. The first-order chi connectivity index (χ1) is 12.1. The predicted octanol–water partition coefficient (Wildman–Crippen LogP) is 2.42. The molecule has 3 aromatic rings. The van der Waals surface area contributed by atoms with Crippen LogP contribution in [0.25, 0.3) is 10.9 Å². The number of carbonyl (C=O) groups is 2. The van der Waals surface area contributed by atoms with Crippen molar-refractivity contribution in [3.8, 4) is 0 Å². The lowest BCUT2D eigenvalue weighted by Gasteiger charge is -2.08. The number of benzene rings is 2. The molecule has 4 N–H and O–H groups in total. The maximum atomic E-state index is 12.2. The van der Waals surface area contributed by atoms with E-state index in [1.807, 2.05) is 55.5 Å². The molecule has 0 saturated carbocycles. The second-order valence-electron chi connectivity index (χ2n) is 5.62. The summed E-state index contributed by atoms with van der Waals surface area (Å²) in [7, 11) is 0. The lowest BCUT2D eigenvalue weighted by molar-refractivity contribution is 0.0950. The number of hydrogen-bond donors (Lipinski definition) is 4. The maximum Gasteiger partial charge on any atom is 0.319 e. The van der Waals surface area contributed by atoms with Gasteiger partial charge in [0, 0.05) is 24.2 Å². The van der Waals surface area contributed by atoms with Gasteiger partial charge in [0.05, 0.1) is 5.52 Å². The molecule has 0 aliphatic carbocycles. The van der Waals surface area contributed by atoms with Gasteiger partial charge in [-0.15, -0.1) is 0 Å². The van der Waals surface area contributed by atoms with Crippen molar-refractivity contribution in [2.75, 3.05) is 18.4 Å². The highest BCUT2D eigenvalue weighted by molar-refractivity contribution is 6.04. The van der Waals surface area contributed by atoms with E-state index in [9.17, 15) is 9.59 Å². The van der Waals surface area contributed by atoms with Gasteiger partial charge in [0.2, 0.25) is 0 Å². The molecule has 0 spiro atoms. The standard InChI is InChI=1S/C18H19N5O2/c1-12-6-8-13(9-7-12)21-18(25)20-11-10-19-17(24)16-14-4-2-3-5-15(14)22-23-16/h2-9H,10-11H2,1H3,(H,19,24)(H,22,23)(H2,20,21,25). The summed E-state index contributed by atoms with van der Waals surface area (Å²) in [6, 6.07) is 14.6. The number of nitrogens with zero attached hydrogens (tertiary/aromatic N) is 1. The van der Waals surface area contributed by atoms with Gasteiger partial charge in [-0.3, -0.25) is 9.89 Å². The SMILES string of the molecule is Cc1ccc(NC(=O)NCCNC(=O)c2n[nH]c3ccccc23)cc1. The largest absolute Gasteiger partial charge is 0.349 e. The molecule has 0 saturated heterocycles. The highest BCUT2D eigenvalue weighted by atomic mass is 16.2. The minimum atomic E-state index is -0.316. The van der Waals surface area contributed by atoms with Gasteiger partial charge in [0.1, 0.15) is 0 Å². The van der Waals surface area contributed by atoms with E-state index < -0.39 is 0 Å². The minimum absolute atomic E-state index is 0.279. The Labute approximate surface area is 144 Å². The van der Waals surface area contributed by atoms with Crippen LogP contribution in [-0.2, 0) is 0 Å². The number of rotatable bonds is 5. The number of para-hydroxylation sites is 1. The Kier molecular flexibility index (Phi) is 4.94. The summed E-state index contributed by atoms with van der Waals surface area (Å²) in [6.45, 7) is 2.60. The molecular formula is C18H19N5O2. The van der Waals surface area contributed by atoms with Crippen molar-refractivity contribution in [3.05, 3.63) is 59.8 Å². The van der Waals surface area contributed by atoms with Gasteiger partial charge >= 0.3 is 6.03 Å². The minimum Gasteiger partial charge on any atom is -0.349 e. The van der Waals surface area contributed by atoms with E-state index in [1.54, 1.807) is 0 Å². The van der Waals surface area contributed by atoms with Crippen molar-refractivity contribution in [1.29, 1.82) is 0 Å². The molecular weight excluding hydrogens is 318 g/mol. The molecule has 0 atom stereocenters. The number of H-pyrrole nitrogens is 1. The average Bonchev–Trinajstić information content (AvgIpc) is 3.05. The summed E-state index contributed by atoms with van der Waals surface area (Å²) in [4.78, 5) is 24.0. The van der Waals surface area contributed by atoms with Crippen LogP contribution >= 0.6 is 0 Å². The number of aryl methyl sites for hydroxylation is 1. The van der Waals surface area contributed by atoms with Crippen LogP contribution in [0.15, 0.2) is 48.5 Å². The molecule has 0 radical (unpaired) electrons. The van der Waals surface area contributed by atoms with Crippen LogP contribution in [0.5, 0.6) is 0 Å². The Morgan fingerprint density at radius 3 is 2.52 bits per heavy atom. The summed E-state index contributed by atoms with van der Waals surface area (Å²) >= 11 is 0. The van der Waals surface area contributed by atoms with Crippen LogP contribution in [0.1, 0.15) is 16.1 Å². The summed E-state index contributed by atoms with van der Waals surface area (Å²) in [6.07, 6.45) is 0. The van der Waals surface area contributed by atoms with Crippen LogP contribution in [0.3, 0.4) is 0 Å². The second kappa shape index (κ2) is 7.48. The van der Waals surface area contributed by atoms with Crippen molar-refractivity contribution in [3.63, 3.8) is 0 Å². The fourth-order valence-corrected chi connectivity index (χ4v) is 2.38. The zero-order valence-electron chi connectivity index (χ0n) is 13.8. The number of anilines is 1. The van der Waals surface area contributed by atoms with Crippen molar-refractivity contribution < 1.29 is 9.59 Å². The van der Waals surface area contributed by atoms with Gasteiger partial charge in [-0.1, -0.05) is 35.9 Å². The molecule has 25 heavy (non-hydrogen) atoms. The van der Waals surface area contributed by atoms with E-state index in [0.717, 1.165) is 22.2 Å². The number of urea groups is 1. The smallest absolute Gasteiger partial charge is 0.319 e. The third kappa shape index (κ3) is 4.14. The molecule has 0 fully saturated rings. The number of hydrogen-bond acceptors (Lipinski definition) is 3. The van der Waals surface area contributed by atoms with Crippen LogP contribution in [-0.4, -0.2) is 35.2 Å². The molecule has 0 aliphatic rings. The Morgan fingerprint density at radius 2 is 1.72 bits per heavy atom. The first-order valence-corrected chi connectivity index (χ1v) is 7.96. The van der Waals surface area contributed by atoms with Gasteiger partial charge in [-0.25, -0.2) is 4.79 Å². The first kappa shape index (κ1) is 16.5. The van der Waals surface area contributed by atoms with Gasteiger partial charge < -0.3 is 16.0 Å². The van der Waals surface area contributed by atoms with E-state index >= 15 is 0 Å². The zero-order chi connectivity index (χ0) is 17.6. The molecule has 128 valence electrons. The molecule has 7 heteroatoms. The first-order valence-electron chi connectivity index (χ1n) is 7.96. The van der Waals surface area contributed by atoms with Crippen LogP contribution in [0, 0.1) is 6.92 Å². The topological polar surface area (TPSA) is 98.9 Å². The Morgan fingerprint density at radius 1 is 1.00 bits per heavy atom. The normalized spacial score (nSPS) is 10.4. The predicted molar refractivity (Wildman–Crippen MR) is 96.6 cm³/mol. The molecule has 1 aromatic heterocycles. The number of amides is 3. The van der Waals surface area contributed by atoms with Crippen LogP contribution < -0.4 is 16.0 Å². The quantitative estimate of drug-likeness (QED) is 0.538. The third-order valence-electron chi connectivity index (χ3n) is 3.69. The molecule has 7 nitrogen and oxygen atoms in total. The number of aromatic amines is 1. The molecule has 3 rings (SSSR count). The van der Waals surface area contributed by atoms with E-state index in [2.05, 4.69) is 26.1 Å². The molecule has 0 aliphatic heterocycles. The van der Waals surface area contributed by atoms with Crippen molar-refractivity contribution >= 4 is 28.5 Å². The second-order valence-corrected chi connectivity index (χ2v) is 5.62. The van der Waals surface area contributed by atoms with Gasteiger partial charge in [0.25, 0.3) is 5.91 Å². The molecule has 3 amide bonds. The Hall–Kier alpha value is -3.35. The lowest BCUT2D eigenvalue weighted by atomic mass is 10.2. The van der Waals surface area contributed by atoms with E-state index in [4.69, 9.17) is 0 Å². The van der Waals surface area contributed by atoms with E-state index in [0.29, 0.717) is 18.8 Å². The van der Waals surface area contributed by atoms with Gasteiger partial charge in [0.15, 0.2) is 5.69 Å². The zero-order valence-corrected chi connectivity index (χ0v) is 13.8. The molecule has 0 bridgehead atoms. The number of nitrogens with one attached hydrogen (secondary N) is 4. The Bertz CT molecular complexity index is 886. The van der Waals surface area contributed by atoms with Gasteiger partial charge in [-0.05, 0) is 25.1 Å². The number of carbonyl (C=O) groups excluding carboxylic acids is 2. The van der Waals surface area contributed by atoms with Crippen molar-refractivity contribution in [1.82, 2.24) is 20.8 Å². The molecule has 0 unspecified atom stereocenters.